The molecule has 0 radical (unpaired) electrons. The normalized spacial score (nSPS) is 24.0. The van der Waals surface area contributed by atoms with Gasteiger partial charge in [0.2, 0.25) is 0 Å². The van der Waals surface area contributed by atoms with Gasteiger partial charge >= 0.3 is 0 Å². The summed E-state index contributed by atoms with van der Waals surface area (Å²) in [5.41, 5.74) is -0.867. The lowest BCUT2D eigenvalue weighted by atomic mass is 9.89. The Balaban J connectivity index is 2.24. The molecule has 1 saturated heterocycles. The van der Waals surface area contributed by atoms with E-state index >= 15 is 0 Å². The van der Waals surface area contributed by atoms with E-state index in [1.54, 1.807) is 0 Å². The molecule has 1 heterocycles. The van der Waals surface area contributed by atoms with E-state index in [0.29, 0.717) is 25.4 Å². The average molecular weight is 131 g/mol. The van der Waals surface area contributed by atoms with Crippen LogP contribution in [0.25, 0.3) is 0 Å². The fourth-order valence-electron chi connectivity index (χ4n) is 1.27. The van der Waals surface area contributed by atoms with E-state index in [1.165, 1.54) is 0 Å². The number of nitrogens with one attached hydrogen (secondary N) is 1. The van der Waals surface area contributed by atoms with Gasteiger partial charge in [0.25, 0.3) is 0 Å². The molecule has 0 aliphatic carbocycles. The summed E-state index contributed by atoms with van der Waals surface area (Å²) < 4.78 is 13.1. The van der Waals surface area contributed by atoms with Gasteiger partial charge < -0.3 is 5.32 Å². The van der Waals surface area contributed by atoms with Crippen molar-refractivity contribution in [1.29, 1.82) is 0 Å². The quantitative estimate of drug-likeness (QED) is 0.596. The molecule has 0 unspecified atom stereocenters. The predicted molar refractivity (Wildman–Crippen MR) is 36.2 cm³/mol. The largest absolute Gasteiger partial charge is 0.310 e. The van der Waals surface area contributed by atoms with E-state index in [-0.39, 0.29) is 0 Å². The summed E-state index contributed by atoms with van der Waals surface area (Å²) in [6.07, 6.45) is 0.708. The summed E-state index contributed by atoms with van der Waals surface area (Å²) in [4.78, 5) is 0. The van der Waals surface area contributed by atoms with Gasteiger partial charge in [-0.25, -0.2) is 4.39 Å². The fourth-order valence-corrected chi connectivity index (χ4v) is 1.27. The molecule has 1 aliphatic rings. The van der Waals surface area contributed by atoms with Crippen LogP contribution < -0.4 is 5.32 Å². The Labute approximate surface area is 55.6 Å². The van der Waals surface area contributed by atoms with Crippen molar-refractivity contribution < 1.29 is 4.39 Å². The van der Waals surface area contributed by atoms with E-state index < -0.39 is 5.67 Å². The second kappa shape index (κ2) is 2.25. The number of rotatable bonds is 2. The molecule has 9 heavy (non-hydrogen) atoms. The van der Waals surface area contributed by atoms with Gasteiger partial charge in [0.15, 0.2) is 0 Å². The van der Waals surface area contributed by atoms with Crippen molar-refractivity contribution in [3.63, 3.8) is 0 Å². The molecular weight excluding hydrogens is 117 g/mol. The number of halogens is 1. The van der Waals surface area contributed by atoms with E-state index in [9.17, 15) is 4.39 Å². The maximum Gasteiger partial charge on any atom is 0.136 e. The Hall–Kier alpha value is -0.110. The van der Waals surface area contributed by atoms with Gasteiger partial charge in [-0.2, -0.15) is 0 Å². The van der Waals surface area contributed by atoms with Crippen molar-refractivity contribution in [3.05, 3.63) is 0 Å². The molecule has 0 aromatic rings. The van der Waals surface area contributed by atoms with Crippen molar-refractivity contribution in [1.82, 2.24) is 5.32 Å². The van der Waals surface area contributed by atoms with Crippen LogP contribution >= 0.6 is 0 Å². The molecule has 1 fully saturated rings. The second-order valence-electron chi connectivity index (χ2n) is 3.35. The van der Waals surface area contributed by atoms with Crippen molar-refractivity contribution in [2.24, 2.45) is 5.92 Å². The zero-order chi connectivity index (χ0) is 6.91. The lowest BCUT2D eigenvalue weighted by molar-refractivity contribution is 0.0662. The molecule has 1 aliphatic heterocycles. The van der Waals surface area contributed by atoms with Gasteiger partial charge in [-0.1, -0.05) is 13.8 Å². The highest BCUT2D eigenvalue weighted by atomic mass is 19.1. The zero-order valence-electron chi connectivity index (χ0n) is 6.08. The molecule has 2 heteroatoms. The van der Waals surface area contributed by atoms with E-state index in [1.807, 2.05) is 0 Å². The Morgan fingerprint density at radius 2 is 2.11 bits per heavy atom. The first-order chi connectivity index (χ1) is 4.12. The summed E-state index contributed by atoms with van der Waals surface area (Å²) in [6.45, 7) is 5.23. The topological polar surface area (TPSA) is 12.0 Å². The molecule has 0 saturated carbocycles. The molecule has 1 nitrogen and oxygen atoms in total. The summed E-state index contributed by atoms with van der Waals surface area (Å²) in [5.74, 6) is 0.483. The van der Waals surface area contributed by atoms with Crippen LogP contribution in [0, 0.1) is 5.92 Å². The maximum atomic E-state index is 13.1. The van der Waals surface area contributed by atoms with E-state index in [2.05, 4.69) is 19.2 Å². The van der Waals surface area contributed by atoms with Crippen molar-refractivity contribution in [2.75, 3.05) is 13.1 Å². The molecule has 0 spiro atoms. The third-order valence-electron chi connectivity index (χ3n) is 1.66. The van der Waals surface area contributed by atoms with Crippen LogP contribution in [0.5, 0.6) is 0 Å². The van der Waals surface area contributed by atoms with Gasteiger partial charge in [0.05, 0.1) is 0 Å². The highest BCUT2D eigenvalue weighted by Crippen LogP contribution is 2.24. The smallest absolute Gasteiger partial charge is 0.136 e. The molecule has 0 aromatic carbocycles. The molecular formula is C7H14FN. The van der Waals surface area contributed by atoms with Crippen LogP contribution in [0.4, 0.5) is 4.39 Å². The molecule has 0 bridgehead atoms. The first-order valence-corrected chi connectivity index (χ1v) is 3.52. The zero-order valence-corrected chi connectivity index (χ0v) is 6.08. The number of hydrogen-bond acceptors (Lipinski definition) is 1. The van der Waals surface area contributed by atoms with Gasteiger partial charge in [-0.15, -0.1) is 0 Å². The molecule has 1 rings (SSSR count). The molecule has 0 amide bonds. The Morgan fingerprint density at radius 3 is 2.22 bits per heavy atom. The second-order valence-corrected chi connectivity index (χ2v) is 3.35. The monoisotopic (exact) mass is 131 g/mol. The first kappa shape index (κ1) is 7.00. The molecule has 54 valence electrons. The third kappa shape index (κ3) is 1.65. The first-order valence-electron chi connectivity index (χ1n) is 3.52. The maximum absolute atomic E-state index is 13.1. The Morgan fingerprint density at radius 1 is 1.56 bits per heavy atom. The van der Waals surface area contributed by atoms with E-state index in [0.717, 1.165) is 0 Å². The summed E-state index contributed by atoms with van der Waals surface area (Å²) >= 11 is 0. The lowest BCUT2D eigenvalue weighted by Crippen LogP contribution is -2.56. The van der Waals surface area contributed by atoms with Crippen LogP contribution in [-0.4, -0.2) is 18.8 Å². The fraction of sp³-hybridized carbons (Fsp3) is 1.00. The predicted octanol–water partition coefficient (Wildman–Crippen LogP) is 1.34. The van der Waals surface area contributed by atoms with Crippen LogP contribution in [0.1, 0.15) is 20.3 Å². The number of hydrogen-bond donors (Lipinski definition) is 1. The minimum absolute atomic E-state index is 0.483. The third-order valence-corrected chi connectivity index (χ3v) is 1.66. The minimum atomic E-state index is -0.867. The van der Waals surface area contributed by atoms with Crippen molar-refractivity contribution in [2.45, 2.75) is 25.9 Å². The Bertz CT molecular complexity index is 97.1. The summed E-state index contributed by atoms with van der Waals surface area (Å²) in [5, 5.41) is 2.93. The number of alkyl halides is 1. The minimum Gasteiger partial charge on any atom is -0.310 e. The molecule has 1 N–H and O–H groups in total. The van der Waals surface area contributed by atoms with Crippen LogP contribution in [0.2, 0.25) is 0 Å². The highest BCUT2D eigenvalue weighted by Gasteiger charge is 2.36. The Kier molecular flexibility index (Phi) is 1.75. The summed E-state index contributed by atoms with van der Waals surface area (Å²) in [6, 6.07) is 0. The van der Waals surface area contributed by atoms with Gasteiger partial charge in [-0.05, 0) is 12.3 Å². The van der Waals surface area contributed by atoms with Crippen LogP contribution in [0.15, 0.2) is 0 Å². The van der Waals surface area contributed by atoms with Gasteiger partial charge in [0, 0.05) is 13.1 Å². The SMILES string of the molecule is CC(C)CC1(F)CNC1. The summed E-state index contributed by atoms with van der Waals surface area (Å²) in [7, 11) is 0. The van der Waals surface area contributed by atoms with Gasteiger partial charge in [0.1, 0.15) is 5.67 Å². The van der Waals surface area contributed by atoms with Gasteiger partial charge in [-0.3, -0.25) is 0 Å². The lowest BCUT2D eigenvalue weighted by Gasteiger charge is -2.36. The van der Waals surface area contributed by atoms with Crippen molar-refractivity contribution in [3.8, 4) is 0 Å². The van der Waals surface area contributed by atoms with E-state index in [4.69, 9.17) is 0 Å². The molecule has 0 atom stereocenters. The van der Waals surface area contributed by atoms with Crippen molar-refractivity contribution >= 4 is 0 Å². The van der Waals surface area contributed by atoms with Crippen LogP contribution in [-0.2, 0) is 0 Å². The highest BCUT2D eigenvalue weighted by molar-refractivity contribution is 4.93. The average Bonchev–Trinajstić information content (AvgIpc) is 1.60. The van der Waals surface area contributed by atoms with Crippen LogP contribution in [0.3, 0.4) is 0 Å². The standard InChI is InChI=1S/C7H14FN/c1-6(2)3-7(8)4-9-5-7/h6,9H,3-5H2,1-2H3. The molecule has 0 aromatic heterocycles.